The predicted octanol–water partition coefficient (Wildman–Crippen LogP) is 1.62. The molecule has 4 N–H and O–H groups in total. The molecular formula is C13H19ClN2O2. The van der Waals surface area contributed by atoms with E-state index in [1.807, 2.05) is 26.0 Å². The zero-order valence-electron chi connectivity index (χ0n) is 10.6. The van der Waals surface area contributed by atoms with Gasteiger partial charge in [-0.3, -0.25) is 4.79 Å². The number of nitrogens with one attached hydrogen (secondary N) is 1. The fraction of sp³-hybridized carbons (Fsp3) is 0.462. The molecule has 0 aliphatic rings. The first-order valence-corrected chi connectivity index (χ1v) is 6.15. The molecule has 1 rings (SSSR count). The molecule has 0 saturated heterocycles. The number of halogens is 1. The van der Waals surface area contributed by atoms with Crippen molar-refractivity contribution in [2.24, 2.45) is 5.73 Å². The van der Waals surface area contributed by atoms with Crippen LogP contribution in [-0.4, -0.2) is 23.1 Å². The lowest BCUT2D eigenvalue weighted by Crippen LogP contribution is -2.44. The smallest absolute Gasteiger partial charge is 0.219 e. The Balaban J connectivity index is 2.59. The van der Waals surface area contributed by atoms with Gasteiger partial charge < -0.3 is 16.2 Å². The average Bonchev–Trinajstić information content (AvgIpc) is 2.25. The fourth-order valence-electron chi connectivity index (χ4n) is 1.73. The molecule has 100 valence electrons. The van der Waals surface area contributed by atoms with Crippen molar-refractivity contribution in [1.29, 1.82) is 0 Å². The molecule has 0 saturated carbocycles. The van der Waals surface area contributed by atoms with Gasteiger partial charge in [-0.05, 0) is 19.9 Å². The Morgan fingerprint density at radius 3 is 2.67 bits per heavy atom. The van der Waals surface area contributed by atoms with E-state index in [9.17, 15) is 9.90 Å². The molecule has 0 bridgehead atoms. The van der Waals surface area contributed by atoms with Crippen molar-refractivity contribution < 1.29 is 9.90 Å². The normalized spacial score (nSPS) is 13.3. The third-order valence-electron chi connectivity index (χ3n) is 2.65. The van der Waals surface area contributed by atoms with E-state index in [1.54, 1.807) is 12.1 Å². The Kier molecular flexibility index (Phi) is 5.14. The third-order valence-corrected chi connectivity index (χ3v) is 3.00. The van der Waals surface area contributed by atoms with E-state index in [4.69, 9.17) is 17.3 Å². The van der Waals surface area contributed by atoms with Crippen LogP contribution in [0.15, 0.2) is 24.3 Å². The second-order valence-corrected chi connectivity index (χ2v) is 5.35. The molecule has 1 aromatic carbocycles. The molecule has 0 heterocycles. The Morgan fingerprint density at radius 2 is 2.11 bits per heavy atom. The molecule has 0 aromatic heterocycles. The standard InChI is InChI=1S/C13H19ClN2O2/c1-13(2,7-12(15)18)16-8-11(17)9-5-3-4-6-10(9)14/h3-6,11,16-17H,7-8H2,1-2H3,(H2,15,18). The van der Waals surface area contributed by atoms with Crippen LogP contribution in [0.4, 0.5) is 0 Å². The molecule has 0 fully saturated rings. The first kappa shape index (κ1) is 15.0. The fourth-order valence-corrected chi connectivity index (χ4v) is 1.99. The molecule has 18 heavy (non-hydrogen) atoms. The molecule has 1 unspecified atom stereocenters. The highest BCUT2D eigenvalue weighted by Gasteiger charge is 2.21. The molecule has 0 spiro atoms. The zero-order chi connectivity index (χ0) is 13.8. The van der Waals surface area contributed by atoms with Gasteiger partial charge in [0.05, 0.1) is 6.10 Å². The minimum atomic E-state index is -0.717. The highest BCUT2D eigenvalue weighted by Crippen LogP contribution is 2.22. The number of aliphatic hydroxyl groups excluding tert-OH is 1. The largest absolute Gasteiger partial charge is 0.387 e. The molecule has 4 nitrogen and oxygen atoms in total. The number of hydrogen-bond acceptors (Lipinski definition) is 3. The zero-order valence-corrected chi connectivity index (χ0v) is 11.4. The Labute approximate surface area is 112 Å². The van der Waals surface area contributed by atoms with Crippen LogP contribution < -0.4 is 11.1 Å². The number of primary amides is 1. The summed E-state index contributed by atoms with van der Waals surface area (Å²) >= 11 is 5.99. The van der Waals surface area contributed by atoms with Crippen molar-refractivity contribution in [3.8, 4) is 0 Å². The molecule has 1 atom stereocenters. The number of aliphatic hydroxyl groups is 1. The van der Waals surface area contributed by atoms with Crippen molar-refractivity contribution in [2.75, 3.05) is 6.54 Å². The third kappa shape index (κ3) is 4.64. The van der Waals surface area contributed by atoms with Crippen LogP contribution in [0.1, 0.15) is 31.9 Å². The van der Waals surface area contributed by atoms with Gasteiger partial charge in [-0.1, -0.05) is 29.8 Å². The van der Waals surface area contributed by atoms with Crippen LogP contribution in [0.2, 0.25) is 5.02 Å². The molecule has 5 heteroatoms. The lowest BCUT2D eigenvalue weighted by molar-refractivity contribution is -0.119. The molecule has 1 amide bonds. The van der Waals surface area contributed by atoms with Gasteiger partial charge in [0.2, 0.25) is 5.91 Å². The number of nitrogens with two attached hydrogens (primary N) is 1. The summed E-state index contributed by atoms with van der Waals surface area (Å²) in [6, 6.07) is 7.13. The molecular weight excluding hydrogens is 252 g/mol. The maximum atomic E-state index is 10.9. The summed E-state index contributed by atoms with van der Waals surface area (Å²) in [4.78, 5) is 10.9. The van der Waals surface area contributed by atoms with Crippen LogP contribution in [0, 0.1) is 0 Å². The summed E-state index contributed by atoms with van der Waals surface area (Å²) in [5.41, 5.74) is 5.38. The van der Waals surface area contributed by atoms with Crippen LogP contribution in [-0.2, 0) is 4.79 Å². The molecule has 1 aromatic rings. The summed E-state index contributed by atoms with van der Waals surface area (Å²) in [7, 11) is 0. The van der Waals surface area contributed by atoms with E-state index >= 15 is 0 Å². The maximum Gasteiger partial charge on any atom is 0.219 e. The average molecular weight is 271 g/mol. The van der Waals surface area contributed by atoms with Crippen LogP contribution in [0.25, 0.3) is 0 Å². The Hall–Kier alpha value is -1.10. The van der Waals surface area contributed by atoms with Crippen molar-refractivity contribution in [3.05, 3.63) is 34.9 Å². The van der Waals surface area contributed by atoms with E-state index in [0.29, 0.717) is 17.1 Å². The highest BCUT2D eigenvalue weighted by molar-refractivity contribution is 6.31. The predicted molar refractivity (Wildman–Crippen MR) is 72.3 cm³/mol. The monoisotopic (exact) mass is 270 g/mol. The van der Waals surface area contributed by atoms with E-state index < -0.39 is 11.6 Å². The van der Waals surface area contributed by atoms with Gasteiger partial charge in [-0.15, -0.1) is 0 Å². The first-order valence-electron chi connectivity index (χ1n) is 5.77. The number of amides is 1. The summed E-state index contributed by atoms with van der Waals surface area (Å²) in [6.07, 6.45) is -0.506. The molecule has 0 aliphatic heterocycles. The number of hydrogen-bond donors (Lipinski definition) is 3. The summed E-state index contributed by atoms with van der Waals surface area (Å²) in [6.45, 7) is 4.03. The van der Waals surface area contributed by atoms with Crippen LogP contribution in [0.5, 0.6) is 0 Å². The number of β-amino-alcohol motifs (C(OH)–C–C–N with tert-alkyl or cyclic N) is 1. The Morgan fingerprint density at radius 1 is 1.50 bits per heavy atom. The Bertz CT molecular complexity index is 421. The highest BCUT2D eigenvalue weighted by atomic mass is 35.5. The minimum absolute atomic E-state index is 0.211. The second kappa shape index (κ2) is 6.18. The van der Waals surface area contributed by atoms with Gasteiger partial charge in [-0.25, -0.2) is 0 Å². The van der Waals surface area contributed by atoms with Crippen molar-refractivity contribution >= 4 is 17.5 Å². The van der Waals surface area contributed by atoms with E-state index in [0.717, 1.165) is 0 Å². The van der Waals surface area contributed by atoms with Gasteiger partial charge in [0.25, 0.3) is 0 Å². The van der Waals surface area contributed by atoms with E-state index in [-0.39, 0.29) is 12.3 Å². The number of carbonyl (C=O) groups is 1. The van der Waals surface area contributed by atoms with Crippen molar-refractivity contribution in [3.63, 3.8) is 0 Å². The second-order valence-electron chi connectivity index (χ2n) is 4.95. The van der Waals surface area contributed by atoms with E-state index in [2.05, 4.69) is 5.32 Å². The van der Waals surface area contributed by atoms with Crippen LogP contribution >= 0.6 is 11.6 Å². The number of benzene rings is 1. The van der Waals surface area contributed by atoms with Gasteiger partial charge >= 0.3 is 0 Å². The molecule has 0 radical (unpaired) electrons. The summed E-state index contributed by atoms with van der Waals surface area (Å²) in [5.74, 6) is -0.375. The van der Waals surface area contributed by atoms with E-state index in [1.165, 1.54) is 0 Å². The van der Waals surface area contributed by atoms with Gasteiger partial charge in [0, 0.05) is 29.1 Å². The summed E-state index contributed by atoms with van der Waals surface area (Å²) in [5, 5.41) is 13.7. The van der Waals surface area contributed by atoms with Gasteiger partial charge in [0.15, 0.2) is 0 Å². The SMILES string of the molecule is CC(C)(CC(N)=O)NCC(O)c1ccccc1Cl. The minimum Gasteiger partial charge on any atom is -0.387 e. The maximum absolute atomic E-state index is 10.9. The van der Waals surface area contributed by atoms with Crippen molar-refractivity contribution in [2.45, 2.75) is 31.9 Å². The first-order chi connectivity index (χ1) is 8.32. The van der Waals surface area contributed by atoms with Gasteiger partial charge in [0.1, 0.15) is 0 Å². The van der Waals surface area contributed by atoms with Crippen LogP contribution in [0.3, 0.4) is 0 Å². The lowest BCUT2D eigenvalue weighted by Gasteiger charge is -2.26. The van der Waals surface area contributed by atoms with Crippen molar-refractivity contribution in [1.82, 2.24) is 5.32 Å². The number of rotatable bonds is 6. The summed E-state index contributed by atoms with van der Waals surface area (Å²) < 4.78 is 0. The molecule has 0 aliphatic carbocycles. The number of carbonyl (C=O) groups excluding carboxylic acids is 1. The topological polar surface area (TPSA) is 75.4 Å². The quantitative estimate of drug-likeness (QED) is 0.735. The lowest BCUT2D eigenvalue weighted by atomic mass is 9.99. The van der Waals surface area contributed by atoms with Gasteiger partial charge in [-0.2, -0.15) is 0 Å².